The molecule has 0 aliphatic carbocycles. The number of hydrogen-bond donors (Lipinski definition) is 0. The van der Waals surface area contributed by atoms with Crippen LogP contribution >= 0.6 is 0 Å². The summed E-state index contributed by atoms with van der Waals surface area (Å²) in [6.07, 6.45) is 0.144. The van der Waals surface area contributed by atoms with E-state index in [0.717, 1.165) is 6.07 Å². The van der Waals surface area contributed by atoms with E-state index in [0.29, 0.717) is 6.54 Å². The molecule has 84 valence electrons. The van der Waals surface area contributed by atoms with Crippen LogP contribution in [-0.4, -0.2) is 13.6 Å². The molecule has 1 rings (SSSR count). The third-order valence-corrected chi connectivity index (χ3v) is 2.47. The van der Waals surface area contributed by atoms with Crippen molar-refractivity contribution in [2.45, 2.75) is 20.3 Å². The van der Waals surface area contributed by atoms with Crippen molar-refractivity contribution in [1.29, 1.82) is 0 Å². The van der Waals surface area contributed by atoms with E-state index in [4.69, 9.17) is 0 Å². The van der Waals surface area contributed by atoms with Gasteiger partial charge in [-0.25, -0.2) is 13.2 Å². The molecule has 0 spiro atoms. The third-order valence-electron chi connectivity index (χ3n) is 2.47. The van der Waals surface area contributed by atoms with Gasteiger partial charge in [-0.15, -0.1) is 0 Å². The van der Waals surface area contributed by atoms with Gasteiger partial charge >= 0.3 is 0 Å². The molecular weight excluding hydrogens is 203 g/mol. The molecule has 15 heavy (non-hydrogen) atoms. The molecule has 1 aromatic carbocycles. The summed E-state index contributed by atoms with van der Waals surface area (Å²) in [5.41, 5.74) is -0.231. The first-order chi connectivity index (χ1) is 7.02. The standard InChI is InChI=1S/C11H14F3N/c1-4-7-8(12)6-9(15(3)5-2)11(14)10(7)13/h6H,4-5H2,1-3H3. The Morgan fingerprint density at radius 2 is 1.73 bits per heavy atom. The van der Waals surface area contributed by atoms with Crippen LogP contribution in [0.2, 0.25) is 0 Å². The van der Waals surface area contributed by atoms with Crippen molar-refractivity contribution in [2.75, 3.05) is 18.5 Å². The summed E-state index contributed by atoms with van der Waals surface area (Å²) in [6, 6.07) is 1.04. The Balaban J connectivity index is 3.33. The predicted molar refractivity (Wildman–Crippen MR) is 54.6 cm³/mol. The van der Waals surface area contributed by atoms with Gasteiger partial charge in [0.1, 0.15) is 5.82 Å². The molecule has 0 N–H and O–H groups in total. The molecule has 0 fully saturated rings. The Morgan fingerprint density at radius 3 is 2.20 bits per heavy atom. The highest BCUT2D eigenvalue weighted by Crippen LogP contribution is 2.26. The molecule has 0 amide bonds. The highest BCUT2D eigenvalue weighted by molar-refractivity contribution is 5.49. The summed E-state index contributed by atoms with van der Waals surface area (Å²) < 4.78 is 40.2. The number of benzene rings is 1. The lowest BCUT2D eigenvalue weighted by Gasteiger charge is -2.19. The van der Waals surface area contributed by atoms with Gasteiger partial charge in [0.05, 0.1) is 5.69 Å². The molecule has 0 saturated carbocycles. The van der Waals surface area contributed by atoms with Crippen molar-refractivity contribution < 1.29 is 13.2 Å². The summed E-state index contributed by atoms with van der Waals surface area (Å²) in [5.74, 6) is -2.74. The first-order valence-electron chi connectivity index (χ1n) is 4.90. The van der Waals surface area contributed by atoms with Crippen LogP contribution < -0.4 is 4.90 Å². The van der Waals surface area contributed by atoms with E-state index in [2.05, 4.69) is 0 Å². The van der Waals surface area contributed by atoms with Gasteiger partial charge < -0.3 is 4.90 Å². The van der Waals surface area contributed by atoms with Crippen molar-refractivity contribution >= 4 is 5.69 Å². The predicted octanol–water partition coefficient (Wildman–Crippen LogP) is 3.12. The molecule has 4 heteroatoms. The molecule has 0 aliphatic rings. The van der Waals surface area contributed by atoms with Gasteiger partial charge in [0.2, 0.25) is 0 Å². The van der Waals surface area contributed by atoms with E-state index in [-0.39, 0.29) is 17.7 Å². The molecule has 0 aliphatic heterocycles. The van der Waals surface area contributed by atoms with Gasteiger partial charge in [-0.1, -0.05) is 6.92 Å². The maximum Gasteiger partial charge on any atom is 0.182 e. The Bertz CT molecular complexity index is 363. The van der Waals surface area contributed by atoms with Gasteiger partial charge in [0.25, 0.3) is 0 Å². The number of anilines is 1. The summed E-state index contributed by atoms with van der Waals surface area (Å²) >= 11 is 0. The molecule has 1 aromatic rings. The molecule has 0 atom stereocenters. The van der Waals surface area contributed by atoms with Crippen LogP contribution in [0.5, 0.6) is 0 Å². The van der Waals surface area contributed by atoms with Crippen molar-refractivity contribution in [2.24, 2.45) is 0 Å². The monoisotopic (exact) mass is 217 g/mol. The molecule has 0 unspecified atom stereocenters. The molecule has 1 nitrogen and oxygen atoms in total. The Hall–Kier alpha value is -1.19. The van der Waals surface area contributed by atoms with Crippen molar-refractivity contribution in [1.82, 2.24) is 0 Å². The summed E-state index contributed by atoms with van der Waals surface area (Å²) in [4.78, 5) is 1.46. The van der Waals surface area contributed by atoms with E-state index in [1.807, 2.05) is 0 Å². The minimum Gasteiger partial charge on any atom is -0.372 e. The van der Waals surface area contributed by atoms with E-state index < -0.39 is 17.5 Å². The Kier molecular flexibility index (Phi) is 3.61. The molecule has 0 saturated heterocycles. The smallest absolute Gasteiger partial charge is 0.182 e. The summed E-state index contributed by atoms with van der Waals surface area (Å²) in [6.45, 7) is 3.86. The van der Waals surface area contributed by atoms with Gasteiger partial charge in [-0.05, 0) is 13.3 Å². The third kappa shape index (κ3) is 2.08. The van der Waals surface area contributed by atoms with Crippen LogP contribution in [0.25, 0.3) is 0 Å². The van der Waals surface area contributed by atoms with Crippen molar-refractivity contribution in [3.8, 4) is 0 Å². The zero-order valence-electron chi connectivity index (χ0n) is 9.07. The lowest BCUT2D eigenvalue weighted by atomic mass is 10.1. The quantitative estimate of drug-likeness (QED) is 0.703. The molecule has 0 heterocycles. The van der Waals surface area contributed by atoms with E-state index in [1.165, 1.54) is 4.90 Å². The highest BCUT2D eigenvalue weighted by atomic mass is 19.2. The fourth-order valence-corrected chi connectivity index (χ4v) is 1.39. The zero-order chi connectivity index (χ0) is 11.6. The average Bonchev–Trinajstić information content (AvgIpc) is 2.23. The minimum atomic E-state index is -1.08. The Labute approximate surface area is 87.5 Å². The number of rotatable bonds is 3. The molecule has 0 radical (unpaired) electrons. The topological polar surface area (TPSA) is 3.24 Å². The van der Waals surface area contributed by atoms with Crippen LogP contribution in [0, 0.1) is 17.5 Å². The van der Waals surface area contributed by atoms with Crippen LogP contribution in [0.3, 0.4) is 0 Å². The number of halogens is 3. The second-order valence-electron chi connectivity index (χ2n) is 3.35. The van der Waals surface area contributed by atoms with Crippen molar-refractivity contribution in [3.05, 3.63) is 29.1 Å². The maximum atomic E-state index is 13.5. The van der Waals surface area contributed by atoms with E-state index in [1.54, 1.807) is 20.9 Å². The van der Waals surface area contributed by atoms with Gasteiger partial charge in [0.15, 0.2) is 11.6 Å². The lowest BCUT2D eigenvalue weighted by molar-refractivity contribution is 0.481. The lowest BCUT2D eigenvalue weighted by Crippen LogP contribution is -2.19. The van der Waals surface area contributed by atoms with Crippen LogP contribution in [0.1, 0.15) is 19.4 Å². The largest absolute Gasteiger partial charge is 0.372 e. The molecule has 0 aromatic heterocycles. The summed E-state index contributed by atoms with van der Waals surface area (Å²) in [5, 5.41) is 0. The second-order valence-corrected chi connectivity index (χ2v) is 3.35. The van der Waals surface area contributed by atoms with Crippen LogP contribution in [0.15, 0.2) is 6.07 Å². The zero-order valence-corrected chi connectivity index (χ0v) is 9.07. The fourth-order valence-electron chi connectivity index (χ4n) is 1.39. The summed E-state index contributed by atoms with van der Waals surface area (Å²) in [7, 11) is 1.59. The van der Waals surface area contributed by atoms with Crippen molar-refractivity contribution in [3.63, 3.8) is 0 Å². The molecule has 0 bridgehead atoms. The number of hydrogen-bond acceptors (Lipinski definition) is 1. The second kappa shape index (κ2) is 4.55. The minimum absolute atomic E-state index is 0.0373. The van der Waals surface area contributed by atoms with Gasteiger partial charge in [0, 0.05) is 25.2 Å². The highest BCUT2D eigenvalue weighted by Gasteiger charge is 2.18. The van der Waals surface area contributed by atoms with E-state index in [9.17, 15) is 13.2 Å². The van der Waals surface area contributed by atoms with E-state index >= 15 is 0 Å². The first-order valence-corrected chi connectivity index (χ1v) is 4.90. The first kappa shape index (κ1) is 11.9. The molecular formula is C11H14F3N. The van der Waals surface area contributed by atoms with Crippen LogP contribution in [0.4, 0.5) is 18.9 Å². The normalized spacial score (nSPS) is 10.5. The van der Waals surface area contributed by atoms with Gasteiger partial charge in [-0.3, -0.25) is 0 Å². The number of nitrogens with zero attached hydrogens (tertiary/aromatic N) is 1. The van der Waals surface area contributed by atoms with Crippen LogP contribution in [-0.2, 0) is 6.42 Å². The average molecular weight is 217 g/mol. The van der Waals surface area contributed by atoms with Gasteiger partial charge in [-0.2, -0.15) is 0 Å². The fraction of sp³-hybridized carbons (Fsp3) is 0.455. The maximum absolute atomic E-state index is 13.5. The SMILES string of the molecule is CCc1c(F)cc(N(C)CC)c(F)c1F. The Morgan fingerprint density at radius 1 is 1.13 bits per heavy atom.